The fraction of sp³-hybridized carbons (Fsp3) is 0.800. The highest BCUT2D eigenvalue weighted by Gasteiger charge is 2.19. The molecular weight excluding hydrogens is 166 g/mol. The van der Waals surface area contributed by atoms with E-state index in [1.54, 1.807) is 13.8 Å². The average Bonchev–Trinajstić information content (AvgIpc) is 2.13. The molecule has 1 N–H and O–H groups in total. The maximum absolute atomic E-state index is 11.8. The molecule has 0 saturated carbocycles. The number of amides is 1. The highest BCUT2D eigenvalue weighted by molar-refractivity contribution is 5.90. The van der Waals surface area contributed by atoms with Crippen molar-refractivity contribution in [2.24, 2.45) is 11.8 Å². The van der Waals surface area contributed by atoms with Crippen molar-refractivity contribution in [3.8, 4) is 0 Å². The van der Waals surface area contributed by atoms with E-state index in [9.17, 15) is 9.59 Å². The topological polar surface area (TPSA) is 46.2 Å². The van der Waals surface area contributed by atoms with Gasteiger partial charge in [-0.15, -0.1) is 0 Å². The van der Waals surface area contributed by atoms with Crippen LogP contribution in [-0.4, -0.2) is 17.7 Å². The molecule has 0 spiro atoms. The monoisotopic (exact) mass is 189 g/mol. The van der Waals surface area contributed by atoms with Gasteiger partial charge in [0.1, 0.15) is 0 Å². The van der Waals surface area contributed by atoms with Crippen LogP contribution in [0.4, 0.5) is 0 Å². The van der Waals surface area contributed by atoms with E-state index in [1.807, 2.05) is 5.32 Å². The minimum atomic E-state index is -2.89. The molecule has 1 amide bonds. The Labute approximate surface area is 85.5 Å². The largest absolute Gasteiger partial charge is 0.346 e. The van der Waals surface area contributed by atoms with Crippen LogP contribution in [0.3, 0.4) is 0 Å². The Hall–Kier alpha value is -0.860. The van der Waals surface area contributed by atoms with Gasteiger partial charge in [-0.25, -0.2) is 0 Å². The first kappa shape index (κ1) is 6.57. The third-order valence-corrected chi connectivity index (χ3v) is 1.54. The fourth-order valence-electron chi connectivity index (χ4n) is 0.618. The van der Waals surface area contributed by atoms with Gasteiger partial charge in [-0.2, -0.15) is 0 Å². The Morgan fingerprint density at radius 1 is 1.23 bits per heavy atom. The van der Waals surface area contributed by atoms with Crippen molar-refractivity contribution in [2.75, 3.05) is 0 Å². The van der Waals surface area contributed by atoms with E-state index in [2.05, 4.69) is 0 Å². The van der Waals surface area contributed by atoms with Gasteiger partial charge in [0, 0.05) is 15.9 Å². The highest BCUT2D eigenvalue weighted by atomic mass is 16.2. The molecule has 1 atom stereocenters. The van der Waals surface area contributed by atoms with Gasteiger partial charge in [0.2, 0.25) is 5.91 Å². The van der Waals surface area contributed by atoms with Gasteiger partial charge >= 0.3 is 0 Å². The summed E-state index contributed by atoms with van der Waals surface area (Å²) in [4.78, 5) is 23.3. The van der Waals surface area contributed by atoms with Gasteiger partial charge in [-0.1, -0.05) is 27.7 Å². The van der Waals surface area contributed by atoms with Crippen molar-refractivity contribution in [1.82, 2.24) is 5.32 Å². The number of rotatable bonds is 4. The molecule has 0 aromatic rings. The predicted octanol–water partition coefficient (Wildman–Crippen LogP) is 1.37. The quantitative estimate of drug-likeness (QED) is 0.726. The summed E-state index contributed by atoms with van der Waals surface area (Å²) in [6, 6.07) is -2.57. The van der Waals surface area contributed by atoms with Gasteiger partial charge in [-0.3, -0.25) is 9.59 Å². The number of carbonyl (C=O) groups is 2. The SMILES string of the molecule is [2H]C([2H])([2H])C([2H])(NC(=O)C(C)C)C(=O)C(C)C. The second-order valence-corrected chi connectivity index (χ2v) is 3.54. The lowest BCUT2D eigenvalue weighted by Crippen LogP contribution is -2.42. The molecule has 13 heavy (non-hydrogen) atoms. The van der Waals surface area contributed by atoms with Crippen LogP contribution in [0.15, 0.2) is 0 Å². The first-order valence-corrected chi connectivity index (χ1v) is 4.29. The van der Waals surface area contributed by atoms with E-state index >= 15 is 0 Å². The van der Waals surface area contributed by atoms with Gasteiger partial charge in [-0.05, 0) is 6.85 Å². The van der Waals surface area contributed by atoms with Crippen molar-refractivity contribution in [1.29, 1.82) is 0 Å². The summed E-state index contributed by atoms with van der Waals surface area (Å²) in [7, 11) is 0. The van der Waals surface area contributed by atoms with Gasteiger partial charge in [0.05, 0.1) is 7.39 Å². The number of ketones is 1. The van der Waals surface area contributed by atoms with Gasteiger partial charge in [0.25, 0.3) is 0 Å². The zero-order valence-corrected chi connectivity index (χ0v) is 8.47. The van der Waals surface area contributed by atoms with E-state index in [1.165, 1.54) is 13.8 Å². The Morgan fingerprint density at radius 2 is 1.77 bits per heavy atom. The van der Waals surface area contributed by atoms with Crippen molar-refractivity contribution >= 4 is 11.7 Å². The maximum atomic E-state index is 11.8. The fourth-order valence-corrected chi connectivity index (χ4v) is 0.618. The van der Waals surface area contributed by atoms with Crippen LogP contribution in [0.2, 0.25) is 0 Å². The van der Waals surface area contributed by atoms with Gasteiger partial charge in [0.15, 0.2) is 5.78 Å². The van der Waals surface area contributed by atoms with E-state index in [0.29, 0.717) is 0 Å². The molecule has 0 saturated heterocycles. The summed E-state index contributed by atoms with van der Waals surface area (Å²) in [5, 5.41) is 2.03. The Morgan fingerprint density at radius 3 is 2.08 bits per heavy atom. The third kappa shape index (κ3) is 4.06. The van der Waals surface area contributed by atoms with E-state index in [0.717, 1.165) is 0 Å². The zero-order valence-electron chi connectivity index (χ0n) is 12.5. The minimum absolute atomic E-state index is 0.484. The number of hydrogen-bond donors (Lipinski definition) is 1. The first-order chi connectivity index (χ1) is 7.43. The molecule has 0 aromatic carbocycles. The lowest BCUT2D eigenvalue weighted by atomic mass is 10.0. The molecule has 0 aliphatic rings. The minimum Gasteiger partial charge on any atom is -0.346 e. The van der Waals surface area contributed by atoms with Crippen LogP contribution in [0.5, 0.6) is 0 Å². The predicted molar refractivity (Wildman–Crippen MR) is 52.3 cm³/mol. The third-order valence-electron chi connectivity index (χ3n) is 1.54. The average molecular weight is 189 g/mol. The van der Waals surface area contributed by atoms with Crippen molar-refractivity contribution < 1.29 is 15.1 Å². The smallest absolute Gasteiger partial charge is 0.223 e. The molecule has 0 rings (SSSR count). The molecule has 0 bridgehead atoms. The molecule has 0 aliphatic carbocycles. The second kappa shape index (κ2) is 5.00. The normalized spacial score (nSPS) is 21.1. The summed E-state index contributed by atoms with van der Waals surface area (Å²) < 4.78 is 29.6. The van der Waals surface area contributed by atoms with Crippen LogP contribution in [0, 0.1) is 11.8 Å². The lowest BCUT2D eigenvalue weighted by Gasteiger charge is -2.16. The summed E-state index contributed by atoms with van der Waals surface area (Å²) in [5.41, 5.74) is 0. The second-order valence-electron chi connectivity index (χ2n) is 3.54. The van der Waals surface area contributed by atoms with Crippen LogP contribution in [-0.2, 0) is 9.59 Å². The van der Waals surface area contributed by atoms with Crippen LogP contribution < -0.4 is 5.32 Å². The molecule has 0 radical (unpaired) electrons. The number of Topliss-reactive ketones (excluding diaryl/α,β-unsaturated/α-hetero) is 1. The Bertz CT molecular complexity index is 312. The van der Waals surface area contributed by atoms with Gasteiger partial charge < -0.3 is 5.32 Å². The molecule has 1 unspecified atom stereocenters. The number of nitrogens with one attached hydrogen (secondary N) is 1. The van der Waals surface area contributed by atoms with Crippen LogP contribution in [0.1, 0.15) is 40.0 Å². The molecule has 0 aliphatic heterocycles. The zero-order chi connectivity index (χ0) is 14.0. The Balaban J connectivity index is 5.28. The molecule has 0 heterocycles. The van der Waals surface area contributed by atoms with Crippen molar-refractivity contribution in [3.63, 3.8) is 0 Å². The molecule has 3 nitrogen and oxygen atoms in total. The van der Waals surface area contributed by atoms with E-state index < -0.39 is 36.4 Å². The number of carbonyl (C=O) groups excluding carboxylic acids is 2. The maximum Gasteiger partial charge on any atom is 0.223 e. The first-order valence-electron chi connectivity index (χ1n) is 6.29. The van der Waals surface area contributed by atoms with E-state index in [-0.39, 0.29) is 0 Å². The van der Waals surface area contributed by atoms with Crippen molar-refractivity contribution in [2.45, 2.75) is 40.6 Å². The summed E-state index contributed by atoms with van der Waals surface area (Å²) in [6.45, 7) is 3.24. The number of hydrogen-bond acceptors (Lipinski definition) is 2. The molecular formula is C10H19NO2. The standard InChI is InChI=1S/C10H19NO2/c1-6(2)9(12)8(5)11-10(13)7(3)4/h6-8H,1-5H3,(H,11,13)/i5D3,8D. The molecule has 76 valence electrons. The van der Waals surface area contributed by atoms with Crippen LogP contribution >= 0.6 is 0 Å². The summed E-state index contributed by atoms with van der Waals surface area (Å²) >= 11 is 0. The summed E-state index contributed by atoms with van der Waals surface area (Å²) in [6.07, 6.45) is 0. The molecule has 0 aromatic heterocycles. The molecule has 0 fully saturated rings. The summed E-state index contributed by atoms with van der Waals surface area (Å²) in [5.74, 6) is -2.56. The van der Waals surface area contributed by atoms with E-state index in [4.69, 9.17) is 5.48 Å². The van der Waals surface area contributed by atoms with Crippen LogP contribution in [0.25, 0.3) is 0 Å². The Kier molecular flexibility index (Phi) is 2.53. The molecule has 3 heteroatoms. The van der Waals surface area contributed by atoms with Crippen molar-refractivity contribution in [3.05, 3.63) is 0 Å². The lowest BCUT2D eigenvalue weighted by molar-refractivity contribution is -0.130. The highest BCUT2D eigenvalue weighted by Crippen LogP contribution is 2.00.